The maximum atomic E-state index is 8.93. The Balaban J connectivity index is 2.66. The van der Waals surface area contributed by atoms with Crippen molar-refractivity contribution in [2.75, 3.05) is 12.8 Å². The third kappa shape index (κ3) is 2.49. The average Bonchev–Trinajstić information content (AvgIpc) is 2.82. The fraction of sp³-hybridized carbons (Fsp3) is 0.375. The van der Waals surface area contributed by atoms with Gasteiger partial charge in [-0.25, -0.2) is 4.98 Å². The third-order valence-corrected chi connectivity index (χ3v) is 8.62. The van der Waals surface area contributed by atoms with Crippen LogP contribution >= 0.6 is 16.8 Å². The van der Waals surface area contributed by atoms with Crippen LogP contribution in [0.1, 0.15) is 0 Å². The SMILES string of the molecule is CP(CCn1cncn1)S(C#N)(C#N)C#N. The highest BCUT2D eigenvalue weighted by atomic mass is 32.8. The van der Waals surface area contributed by atoms with E-state index >= 15 is 0 Å². The summed E-state index contributed by atoms with van der Waals surface area (Å²) in [5.74, 6) is 0. The lowest BCUT2D eigenvalue weighted by Crippen LogP contribution is -2.03. The van der Waals surface area contributed by atoms with Crippen molar-refractivity contribution < 1.29 is 0 Å². The Hall–Kier alpha value is -1.61. The Morgan fingerprint density at radius 3 is 2.38 bits per heavy atom. The van der Waals surface area contributed by atoms with Gasteiger partial charge in [0.1, 0.15) is 28.9 Å². The molecule has 0 aliphatic carbocycles. The third-order valence-electron chi connectivity index (χ3n) is 1.97. The summed E-state index contributed by atoms with van der Waals surface area (Å²) >= 11 is 0. The molecule has 6 nitrogen and oxygen atoms in total. The summed E-state index contributed by atoms with van der Waals surface area (Å²) in [5, 5.41) is 36.4. The predicted molar refractivity (Wildman–Crippen MR) is 62.2 cm³/mol. The van der Waals surface area contributed by atoms with E-state index in [0.29, 0.717) is 12.7 Å². The van der Waals surface area contributed by atoms with Crippen LogP contribution in [0.5, 0.6) is 0 Å². The molecular formula is C8H9N6PS. The van der Waals surface area contributed by atoms with E-state index in [0.717, 1.165) is 0 Å². The smallest absolute Gasteiger partial charge is 0.144 e. The Morgan fingerprint density at radius 2 is 1.94 bits per heavy atom. The number of nitrogens with zero attached hydrogens (tertiary/aromatic N) is 6. The van der Waals surface area contributed by atoms with Gasteiger partial charge < -0.3 is 0 Å². The summed E-state index contributed by atoms with van der Waals surface area (Å²) in [6, 6.07) is 0. The molecule has 82 valence electrons. The molecule has 0 amide bonds. The van der Waals surface area contributed by atoms with Gasteiger partial charge in [-0.3, -0.25) is 4.68 Å². The summed E-state index contributed by atoms with van der Waals surface area (Å²) in [6.07, 6.45) is 3.63. The molecule has 1 rings (SSSR count). The van der Waals surface area contributed by atoms with Crippen molar-refractivity contribution in [3.05, 3.63) is 12.7 Å². The van der Waals surface area contributed by atoms with Crippen LogP contribution in [0.25, 0.3) is 0 Å². The molecule has 0 aromatic carbocycles. The van der Waals surface area contributed by atoms with E-state index in [1.54, 1.807) is 11.0 Å². The number of nitriles is 3. The van der Waals surface area contributed by atoms with E-state index < -0.39 is 16.8 Å². The highest BCUT2D eigenvalue weighted by Crippen LogP contribution is 2.72. The molecule has 1 heterocycles. The standard InChI is InChI=1S/C8H9N6PS/c1-15(16(4-9,5-10)6-11)3-2-14-8-12-7-13-14/h7-8H,2-3H2,1H3. The fourth-order valence-electron chi connectivity index (χ4n) is 0.999. The lowest BCUT2D eigenvalue weighted by molar-refractivity contribution is 0.663. The minimum atomic E-state index is -2.42. The maximum absolute atomic E-state index is 8.93. The van der Waals surface area contributed by atoms with Gasteiger partial charge in [0.25, 0.3) is 0 Å². The normalized spacial score (nSPS) is 13.1. The van der Waals surface area contributed by atoms with Crippen molar-refractivity contribution in [2.45, 2.75) is 6.54 Å². The molecule has 0 saturated heterocycles. The number of thiocyanates is 3. The topological polar surface area (TPSA) is 102 Å². The number of aryl methyl sites for hydroxylation is 1. The fourth-order valence-corrected chi connectivity index (χ4v) is 4.62. The number of rotatable bonds is 4. The van der Waals surface area contributed by atoms with E-state index in [2.05, 4.69) is 10.1 Å². The summed E-state index contributed by atoms with van der Waals surface area (Å²) in [7, 11) is -3.34. The maximum Gasteiger partial charge on any atom is 0.144 e. The van der Waals surface area contributed by atoms with Gasteiger partial charge in [-0.15, -0.1) is 0 Å². The second-order valence-corrected chi connectivity index (χ2v) is 9.79. The molecule has 1 aromatic rings. The van der Waals surface area contributed by atoms with Crippen molar-refractivity contribution in [3.8, 4) is 16.2 Å². The average molecular weight is 252 g/mol. The minimum absolute atomic E-state index is 0.585. The van der Waals surface area contributed by atoms with E-state index in [1.165, 1.54) is 6.33 Å². The zero-order chi connectivity index (χ0) is 12.0. The van der Waals surface area contributed by atoms with Crippen LogP contribution in [-0.2, 0) is 6.54 Å². The molecule has 0 bridgehead atoms. The van der Waals surface area contributed by atoms with Crippen molar-refractivity contribution in [1.82, 2.24) is 14.8 Å². The van der Waals surface area contributed by atoms with Crippen molar-refractivity contribution in [3.63, 3.8) is 0 Å². The lowest BCUT2D eigenvalue weighted by atomic mass is 10.8. The first kappa shape index (κ1) is 12.5. The summed E-state index contributed by atoms with van der Waals surface area (Å²) in [6.45, 7) is 2.40. The number of hydrogen-bond donors (Lipinski definition) is 0. The molecule has 0 radical (unpaired) electrons. The molecule has 8 heteroatoms. The van der Waals surface area contributed by atoms with Gasteiger partial charge in [0, 0.05) is 16.2 Å². The molecule has 0 saturated carbocycles. The molecule has 0 aliphatic rings. The molecular weight excluding hydrogens is 243 g/mol. The monoisotopic (exact) mass is 252 g/mol. The van der Waals surface area contributed by atoms with Gasteiger partial charge in [-0.05, 0) is 20.0 Å². The van der Waals surface area contributed by atoms with Crippen molar-refractivity contribution in [1.29, 1.82) is 15.8 Å². The summed E-state index contributed by atoms with van der Waals surface area (Å²) in [4.78, 5) is 3.79. The molecule has 1 unspecified atom stereocenters. The molecule has 1 atom stereocenters. The van der Waals surface area contributed by atoms with Crippen LogP contribution in [-0.4, -0.2) is 27.6 Å². The molecule has 16 heavy (non-hydrogen) atoms. The quantitative estimate of drug-likeness (QED) is 0.597. The molecule has 0 fully saturated rings. The van der Waals surface area contributed by atoms with Crippen LogP contribution in [0.2, 0.25) is 0 Å². The molecule has 0 aliphatic heterocycles. The first-order chi connectivity index (χ1) is 7.68. The highest BCUT2D eigenvalue weighted by Gasteiger charge is 2.30. The molecule has 0 spiro atoms. The van der Waals surface area contributed by atoms with Crippen LogP contribution in [0, 0.1) is 32.0 Å². The molecule has 1 aromatic heterocycles. The Morgan fingerprint density at radius 1 is 1.31 bits per heavy atom. The predicted octanol–water partition coefficient (Wildman–Crippen LogP) is 1.55. The van der Waals surface area contributed by atoms with Gasteiger partial charge in [-0.2, -0.15) is 20.9 Å². The first-order valence-electron chi connectivity index (χ1n) is 4.28. The van der Waals surface area contributed by atoms with Crippen molar-refractivity contribution >= 4 is 16.8 Å². The van der Waals surface area contributed by atoms with Gasteiger partial charge in [-0.1, -0.05) is 0 Å². The first-order valence-corrected chi connectivity index (χ1v) is 8.49. The molecule has 0 N–H and O–H groups in total. The van der Waals surface area contributed by atoms with Crippen LogP contribution in [0.15, 0.2) is 12.7 Å². The van der Waals surface area contributed by atoms with E-state index in [4.69, 9.17) is 15.8 Å². The Labute approximate surface area is 95.9 Å². The zero-order valence-electron chi connectivity index (χ0n) is 8.61. The largest absolute Gasteiger partial charge is 0.253 e. The van der Waals surface area contributed by atoms with Crippen LogP contribution in [0.3, 0.4) is 0 Å². The second-order valence-electron chi connectivity index (χ2n) is 2.86. The van der Waals surface area contributed by atoms with Gasteiger partial charge in [0.15, 0.2) is 0 Å². The Bertz CT molecular complexity index is 428. The lowest BCUT2D eigenvalue weighted by Gasteiger charge is -2.22. The summed E-state index contributed by atoms with van der Waals surface area (Å²) < 4.78 is 1.63. The zero-order valence-corrected chi connectivity index (χ0v) is 10.3. The number of hydrogen-bond acceptors (Lipinski definition) is 5. The Kier molecular flexibility index (Phi) is 4.26. The summed E-state index contributed by atoms with van der Waals surface area (Å²) in [5.41, 5.74) is 0. The van der Waals surface area contributed by atoms with E-state index in [9.17, 15) is 0 Å². The van der Waals surface area contributed by atoms with Gasteiger partial charge in [0.05, 0.1) is 0 Å². The minimum Gasteiger partial charge on any atom is -0.253 e. The van der Waals surface area contributed by atoms with E-state index in [1.807, 2.05) is 22.9 Å². The van der Waals surface area contributed by atoms with Crippen molar-refractivity contribution in [2.24, 2.45) is 0 Å². The van der Waals surface area contributed by atoms with Crippen LogP contribution < -0.4 is 0 Å². The van der Waals surface area contributed by atoms with Gasteiger partial charge >= 0.3 is 0 Å². The van der Waals surface area contributed by atoms with Gasteiger partial charge in [0.2, 0.25) is 0 Å². The highest BCUT2D eigenvalue weighted by molar-refractivity contribution is 8.84. The van der Waals surface area contributed by atoms with E-state index in [-0.39, 0.29) is 0 Å². The number of aromatic nitrogens is 3. The van der Waals surface area contributed by atoms with Crippen LogP contribution in [0.4, 0.5) is 0 Å². The second kappa shape index (κ2) is 5.47.